The molecule has 0 saturated carbocycles. The van der Waals surface area contributed by atoms with Gasteiger partial charge < -0.3 is 12.4 Å². The van der Waals surface area contributed by atoms with E-state index in [1.165, 1.54) is 0 Å². The summed E-state index contributed by atoms with van der Waals surface area (Å²) in [6.45, 7) is 0. The third kappa shape index (κ3) is 2.51. The van der Waals surface area contributed by atoms with Crippen molar-refractivity contribution in [1.29, 1.82) is 0 Å². The molecule has 0 saturated heterocycles. The number of hydrogen-bond acceptors (Lipinski definition) is 2. The summed E-state index contributed by atoms with van der Waals surface area (Å²) in [5, 5.41) is 0. The lowest BCUT2D eigenvalue weighted by molar-refractivity contribution is -0.0000148. The highest BCUT2D eigenvalue weighted by molar-refractivity contribution is 5.81. The minimum absolute atomic E-state index is 0. The van der Waals surface area contributed by atoms with Gasteiger partial charge in [0.25, 0.3) is 0 Å². The number of halogens is 1. The Balaban J connectivity index is 0.000001000. The maximum atomic E-state index is 10.2. The number of rotatable bonds is 2. The first-order chi connectivity index (χ1) is 4.86. The third-order valence-corrected chi connectivity index (χ3v) is 1.18. The molecule has 1 aromatic carbocycles. The van der Waals surface area contributed by atoms with Gasteiger partial charge >= 0.3 is 0 Å². The Kier molecular flexibility index (Phi) is 4.15. The van der Waals surface area contributed by atoms with Gasteiger partial charge in [-0.2, -0.15) is 0 Å². The van der Waals surface area contributed by atoms with Crippen LogP contribution in [0.1, 0.15) is 20.7 Å². The van der Waals surface area contributed by atoms with Gasteiger partial charge in [-0.05, 0) is 6.07 Å². The topological polar surface area (TPSA) is 34.1 Å². The Bertz CT molecular complexity index is 235. The number of carbonyl (C=O) groups excluding carboxylic acids is 2. The molecule has 0 N–H and O–H groups in total. The van der Waals surface area contributed by atoms with Crippen molar-refractivity contribution in [3.63, 3.8) is 0 Å². The molecule has 0 heterocycles. The van der Waals surface area contributed by atoms with Crippen LogP contribution in [0.25, 0.3) is 0 Å². The fourth-order valence-electron chi connectivity index (χ4n) is 0.706. The molecule has 1 aromatic rings. The largest absolute Gasteiger partial charge is 1.00 e. The molecule has 2 nitrogen and oxygen atoms in total. The average Bonchev–Trinajstić information content (AvgIpc) is 2.05. The highest BCUT2D eigenvalue weighted by atomic mass is 35.5. The van der Waals surface area contributed by atoms with E-state index in [2.05, 4.69) is 0 Å². The molecular formula is C8H6ClO2-. The first-order valence-corrected chi connectivity index (χ1v) is 2.87. The summed E-state index contributed by atoms with van der Waals surface area (Å²) in [4.78, 5) is 20.3. The van der Waals surface area contributed by atoms with Crippen LogP contribution in [-0.2, 0) is 0 Å². The normalized spacial score (nSPS) is 8.00. The van der Waals surface area contributed by atoms with Crippen molar-refractivity contribution in [2.24, 2.45) is 0 Å². The van der Waals surface area contributed by atoms with Gasteiger partial charge in [-0.1, -0.05) is 18.2 Å². The lowest BCUT2D eigenvalue weighted by Gasteiger charge is -1.89. The predicted octanol–water partition coefficient (Wildman–Crippen LogP) is -1.68. The molecule has 0 atom stereocenters. The van der Waals surface area contributed by atoms with E-state index >= 15 is 0 Å². The summed E-state index contributed by atoms with van der Waals surface area (Å²) in [5.74, 6) is 0. The Labute approximate surface area is 70.6 Å². The highest BCUT2D eigenvalue weighted by Crippen LogP contribution is 1.99. The monoisotopic (exact) mass is 169 g/mol. The van der Waals surface area contributed by atoms with E-state index in [-0.39, 0.29) is 12.4 Å². The van der Waals surface area contributed by atoms with Crippen molar-refractivity contribution in [3.8, 4) is 0 Å². The van der Waals surface area contributed by atoms with Crippen molar-refractivity contribution in [2.45, 2.75) is 0 Å². The first kappa shape index (κ1) is 9.85. The van der Waals surface area contributed by atoms with E-state index in [9.17, 15) is 9.59 Å². The van der Waals surface area contributed by atoms with Crippen molar-refractivity contribution in [2.75, 3.05) is 0 Å². The Hall–Kier alpha value is -1.15. The van der Waals surface area contributed by atoms with Gasteiger partial charge in [0.2, 0.25) is 0 Å². The maximum Gasteiger partial charge on any atom is 0.150 e. The van der Waals surface area contributed by atoms with Gasteiger partial charge in [-0.3, -0.25) is 9.59 Å². The predicted molar refractivity (Wildman–Crippen MR) is 37.2 cm³/mol. The van der Waals surface area contributed by atoms with Gasteiger partial charge in [-0.25, -0.2) is 0 Å². The second kappa shape index (κ2) is 4.63. The molecule has 3 heteroatoms. The molecule has 0 amide bonds. The maximum absolute atomic E-state index is 10.2. The Morgan fingerprint density at radius 3 is 1.82 bits per heavy atom. The van der Waals surface area contributed by atoms with Gasteiger partial charge in [0.15, 0.2) is 0 Å². The van der Waals surface area contributed by atoms with Crippen molar-refractivity contribution in [1.82, 2.24) is 0 Å². The lowest BCUT2D eigenvalue weighted by atomic mass is 10.2. The van der Waals surface area contributed by atoms with Crippen LogP contribution in [0.5, 0.6) is 0 Å². The standard InChI is InChI=1S/C8H6O2.ClH/c9-5-7-2-1-3-8(4-7)6-10;/h1-6H;1H/p-1. The summed E-state index contributed by atoms with van der Waals surface area (Å²) >= 11 is 0. The van der Waals surface area contributed by atoms with E-state index in [1.807, 2.05) is 0 Å². The van der Waals surface area contributed by atoms with Crippen LogP contribution < -0.4 is 12.4 Å². The van der Waals surface area contributed by atoms with E-state index in [0.29, 0.717) is 23.7 Å². The van der Waals surface area contributed by atoms with E-state index < -0.39 is 0 Å². The minimum atomic E-state index is 0. The minimum Gasteiger partial charge on any atom is -1.00 e. The quantitative estimate of drug-likeness (QED) is 0.496. The SMILES string of the molecule is O=Cc1cccc(C=O)c1.[Cl-]. The zero-order valence-corrected chi connectivity index (χ0v) is 6.41. The van der Waals surface area contributed by atoms with E-state index in [0.717, 1.165) is 0 Å². The van der Waals surface area contributed by atoms with Crippen molar-refractivity contribution >= 4 is 12.6 Å². The van der Waals surface area contributed by atoms with Gasteiger partial charge in [-0.15, -0.1) is 0 Å². The van der Waals surface area contributed by atoms with Crippen LogP contribution in [0, 0.1) is 0 Å². The molecule has 0 aromatic heterocycles. The van der Waals surface area contributed by atoms with Crippen molar-refractivity contribution < 1.29 is 22.0 Å². The number of carbonyl (C=O) groups is 2. The molecule has 1 rings (SSSR count). The molecule has 0 spiro atoms. The van der Waals surface area contributed by atoms with Crippen LogP contribution in [0.15, 0.2) is 24.3 Å². The molecule has 0 bridgehead atoms. The first-order valence-electron chi connectivity index (χ1n) is 2.87. The number of aldehydes is 2. The Morgan fingerprint density at radius 1 is 1.00 bits per heavy atom. The van der Waals surface area contributed by atoms with Crippen molar-refractivity contribution in [3.05, 3.63) is 35.4 Å². The summed E-state index contributed by atoms with van der Waals surface area (Å²) in [5.41, 5.74) is 1.06. The smallest absolute Gasteiger partial charge is 0.150 e. The second-order valence-corrected chi connectivity index (χ2v) is 1.91. The number of hydrogen-bond donors (Lipinski definition) is 0. The van der Waals surface area contributed by atoms with Gasteiger partial charge in [0.1, 0.15) is 12.6 Å². The lowest BCUT2D eigenvalue weighted by Crippen LogP contribution is -3.00. The molecule has 58 valence electrons. The van der Waals surface area contributed by atoms with Gasteiger partial charge in [0, 0.05) is 11.1 Å². The molecule has 0 aliphatic carbocycles. The Morgan fingerprint density at radius 2 is 1.45 bits per heavy atom. The van der Waals surface area contributed by atoms with Crippen LogP contribution in [0.4, 0.5) is 0 Å². The summed E-state index contributed by atoms with van der Waals surface area (Å²) in [7, 11) is 0. The molecule has 0 radical (unpaired) electrons. The fraction of sp³-hybridized carbons (Fsp3) is 0. The van der Waals surface area contributed by atoms with Gasteiger partial charge in [0.05, 0.1) is 0 Å². The molecule has 0 fully saturated rings. The summed E-state index contributed by atoms with van der Waals surface area (Å²) in [6.07, 6.45) is 1.43. The third-order valence-electron chi connectivity index (χ3n) is 1.18. The summed E-state index contributed by atoms with van der Waals surface area (Å²) in [6, 6.07) is 6.52. The highest BCUT2D eigenvalue weighted by Gasteiger charge is 1.90. The average molecular weight is 170 g/mol. The summed E-state index contributed by atoms with van der Waals surface area (Å²) < 4.78 is 0. The van der Waals surface area contributed by atoms with Crippen LogP contribution >= 0.6 is 0 Å². The van der Waals surface area contributed by atoms with Crippen LogP contribution in [-0.4, -0.2) is 12.6 Å². The van der Waals surface area contributed by atoms with E-state index in [1.54, 1.807) is 24.3 Å². The zero-order valence-electron chi connectivity index (χ0n) is 5.66. The van der Waals surface area contributed by atoms with Crippen LogP contribution in [0.2, 0.25) is 0 Å². The fourth-order valence-corrected chi connectivity index (χ4v) is 0.706. The second-order valence-electron chi connectivity index (χ2n) is 1.91. The molecule has 0 unspecified atom stereocenters. The number of benzene rings is 1. The zero-order chi connectivity index (χ0) is 7.40. The molecule has 11 heavy (non-hydrogen) atoms. The molecule has 0 aliphatic rings. The van der Waals surface area contributed by atoms with Crippen LogP contribution in [0.3, 0.4) is 0 Å². The molecular weight excluding hydrogens is 164 g/mol. The molecule has 0 aliphatic heterocycles. The van der Waals surface area contributed by atoms with E-state index in [4.69, 9.17) is 0 Å².